The third-order valence-electron chi connectivity index (χ3n) is 4.12. The van der Waals surface area contributed by atoms with Crippen LogP contribution in [0.2, 0.25) is 5.02 Å². The van der Waals surface area contributed by atoms with Crippen LogP contribution in [0.15, 0.2) is 58.9 Å². The molecule has 0 saturated heterocycles. The standard InChI is InChI=1S/C19H17ClN2S2/c20-14-4-1-3-13(11-14)12-17(22-19-21-8-10-24-19)15-5-2-6-18-16(15)7-9-23-18/h1-7,9,11,17H,8,10,12H2,(H,21,22). The van der Waals surface area contributed by atoms with Gasteiger partial charge in [0.15, 0.2) is 5.17 Å². The Balaban J connectivity index is 1.70. The Morgan fingerprint density at radius 3 is 2.92 bits per heavy atom. The van der Waals surface area contributed by atoms with E-state index in [-0.39, 0.29) is 6.04 Å². The predicted molar refractivity (Wildman–Crippen MR) is 108 cm³/mol. The first-order chi connectivity index (χ1) is 11.8. The van der Waals surface area contributed by atoms with E-state index in [1.54, 1.807) is 23.1 Å². The molecule has 0 bridgehead atoms. The Bertz CT molecular complexity index is 888. The summed E-state index contributed by atoms with van der Waals surface area (Å²) in [7, 11) is 0. The van der Waals surface area contributed by atoms with E-state index in [9.17, 15) is 0 Å². The highest BCUT2D eigenvalue weighted by atomic mass is 35.5. The summed E-state index contributed by atoms with van der Waals surface area (Å²) in [6.45, 7) is 0.902. The zero-order valence-electron chi connectivity index (χ0n) is 13.0. The van der Waals surface area contributed by atoms with Crippen LogP contribution in [0.25, 0.3) is 10.1 Å². The van der Waals surface area contributed by atoms with Crippen LogP contribution in [0.1, 0.15) is 17.2 Å². The van der Waals surface area contributed by atoms with Crippen LogP contribution >= 0.6 is 34.7 Å². The molecule has 1 unspecified atom stereocenters. The molecular weight excluding hydrogens is 356 g/mol. The van der Waals surface area contributed by atoms with Crippen molar-refractivity contribution in [2.45, 2.75) is 12.5 Å². The van der Waals surface area contributed by atoms with Gasteiger partial charge in [-0.05, 0) is 52.6 Å². The molecule has 0 spiro atoms. The van der Waals surface area contributed by atoms with Gasteiger partial charge in [0, 0.05) is 15.5 Å². The quantitative estimate of drug-likeness (QED) is 0.651. The van der Waals surface area contributed by atoms with E-state index in [0.29, 0.717) is 0 Å². The van der Waals surface area contributed by atoms with Crippen LogP contribution in [0, 0.1) is 0 Å². The Labute approximate surface area is 155 Å². The summed E-state index contributed by atoms with van der Waals surface area (Å²) >= 11 is 9.76. The largest absolute Gasteiger partial charge is 0.358 e. The van der Waals surface area contributed by atoms with Crippen LogP contribution in [0.5, 0.6) is 0 Å². The number of amidine groups is 1. The minimum Gasteiger partial charge on any atom is -0.358 e. The molecule has 0 fully saturated rings. The Morgan fingerprint density at radius 2 is 2.08 bits per heavy atom. The molecule has 2 nitrogen and oxygen atoms in total. The SMILES string of the molecule is Clc1cccc(CC(NC2=NCCS2)c2cccc3sccc23)c1. The maximum absolute atomic E-state index is 6.18. The lowest BCUT2D eigenvalue weighted by Gasteiger charge is -2.21. The smallest absolute Gasteiger partial charge is 0.157 e. The van der Waals surface area contributed by atoms with Gasteiger partial charge >= 0.3 is 0 Å². The lowest BCUT2D eigenvalue weighted by Crippen LogP contribution is -2.27. The predicted octanol–water partition coefficient (Wildman–Crippen LogP) is 5.53. The topological polar surface area (TPSA) is 24.4 Å². The molecule has 4 rings (SSSR count). The average Bonchev–Trinajstić information content (AvgIpc) is 3.25. The van der Waals surface area contributed by atoms with E-state index >= 15 is 0 Å². The van der Waals surface area contributed by atoms with E-state index in [1.807, 2.05) is 18.2 Å². The summed E-state index contributed by atoms with van der Waals surface area (Å²) in [6, 6.07) is 17.1. The molecule has 24 heavy (non-hydrogen) atoms. The highest BCUT2D eigenvalue weighted by Gasteiger charge is 2.19. The fourth-order valence-corrected chi connectivity index (χ4v) is 4.85. The van der Waals surface area contributed by atoms with Gasteiger partial charge < -0.3 is 5.32 Å². The second kappa shape index (κ2) is 7.18. The third-order valence-corrected chi connectivity index (χ3v) is 6.14. The zero-order chi connectivity index (χ0) is 16.4. The molecule has 2 aromatic carbocycles. The summed E-state index contributed by atoms with van der Waals surface area (Å²) < 4.78 is 1.33. The molecule has 3 aromatic rings. The second-order valence-electron chi connectivity index (χ2n) is 5.75. The molecule has 122 valence electrons. The van der Waals surface area contributed by atoms with Crippen molar-refractivity contribution in [1.82, 2.24) is 5.32 Å². The van der Waals surface area contributed by atoms with Crippen molar-refractivity contribution < 1.29 is 0 Å². The number of nitrogens with one attached hydrogen (secondary N) is 1. The number of nitrogens with zero attached hydrogens (tertiary/aromatic N) is 1. The Kier molecular flexibility index (Phi) is 4.79. The van der Waals surface area contributed by atoms with Crippen LogP contribution in [-0.2, 0) is 6.42 Å². The minimum absolute atomic E-state index is 0.186. The number of hydrogen-bond donors (Lipinski definition) is 1. The lowest BCUT2D eigenvalue weighted by atomic mass is 9.96. The summed E-state index contributed by atoms with van der Waals surface area (Å²) in [6.07, 6.45) is 0.884. The first-order valence-corrected chi connectivity index (χ1v) is 10.2. The molecule has 0 radical (unpaired) electrons. The van der Waals surface area contributed by atoms with Crippen molar-refractivity contribution >= 4 is 50.0 Å². The van der Waals surface area contributed by atoms with E-state index in [0.717, 1.165) is 28.9 Å². The summed E-state index contributed by atoms with van der Waals surface area (Å²) in [5, 5.41) is 8.98. The number of thiophene rings is 1. The van der Waals surface area contributed by atoms with Crippen molar-refractivity contribution in [2.75, 3.05) is 12.3 Å². The number of thioether (sulfide) groups is 1. The molecule has 2 heterocycles. The first-order valence-electron chi connectivity index (χ1n) is 7.94. The van der Waals surface area contributed by atoms with Gasteiger partial charge in [-0.3, -0.25) is 4.99 Å². The minimum atomic E-state index is 0.186. The van der Waals surface area contributed by atoms with Gasteiger partial charge in [-0.25, -0.2) is 0 Å². The molecule has 0 aliphatic carbocycles. The fourth-order valence-electron chi connectivity index (χ4n) is 3.03. The van der Waals surface area contributed by atoms with Crippen molar-refractivity contribution in [3.63, 3.8) is 0 Å². The molecule has 0 saturated carbocycles. The maximum atomic E-state index is 6.18. The molecule has 1 aliphatic heterocycles. The first kappa shape index (κ1) is 16.0. The molecule has 1 aliphatic rings. The van der Waals surface area contributed by atoms with Gasteiger partial charge in [0.25, 0.3) is 0 Å². The van der Waals surface area contributed by atoms with Gasteiger partial charge in [0.2, 0.25) is 0 Å². The van der Waals surface area contributed by atoms with E-state index in [1.165, 1.54) is 21.2 Å². The maximum Gasteiger partial charge on any atom is 0.157 e. The van der Waals surface area contributed by atoms with Crippen molar-refractivity contribution in [3.05, 3.63) is 70.1 Å². The Morgan fingerprint density at radius 1 is 1.17 bits per heavy atom. The van der Waals surface area contributed by atoms with Gasteiger partial charge in [-0.2, -0.15) is 0 Å². The molecule has 1 atom stereocenters. The molecule has 1 N–H and O–H groups in total. The van der Waals surface area contributed by atoms with Crippen LogP contribution in [0.3, 0.4) is 0 Å². The monoisotopic (exact) mass is 372 g/mol. The highest BCUT2D eigenvalue weighted by molar-refractivity contribution is 8.14. The Hall–Kier alpha value is -1.49. The van der Waals surface area contributed by atoms with Gasteiger partial charge in [-0.1, -0.05) is 47.6 Å². The van der Waals surface area contributed by atoms with E-state index in [4.69, 9.17) is 11.6 Å². The van der Waals surface area contributed by atoms with E-state index in [2.05, 4.69) is 46.0 Å². The van der Waals surface area contributed by atoms with Crippen molar-refractivity contribution in [3.8, 4) is 0 Å². The number of rotatable bonds is 4. The zero-order valence-corrected chi connectivity index (χ0v) is 15.4. The second-order valence-corrected chi connectivity index (χ2v) is 8.21. The number of fused-ring (bicyclic) bond motifs is 1. The molecular formula is C19H17ClN2S2. The number of benzene rings is 2. The normalized spacial score (nSPS) is 15.5. The average molecular weight is 373 g/mol. The molecule has 5 heteroatoms. The van der Waals surface area contributed by atoms with Gasteiger partial charge in [-0.15, -0.1) is 11.3 Å². The number of hydrogen-bond acceptors (Lipinski definition) is 4. The summed E-state index contributed by atoms with van der Waals surface area (Å²) in [4.78, 5) is 4.57. The third kappa shape index (κ3) is 3.46. The number of halogens is 1. The fraction of sp³-hybridized carbons (Fsp3) is 0.211. The highest BCUT2D eigenvalue weighted by Crippen LogP contribution is 2.31. The number of aliphatic imine (C=N–C) groups is 1. The summed E-state index contributed by atoms with van der Waals surface area (Å²) in [5.41, 5.74) is 2.56. The van der Waals surface area contributed by atoms with Crippen LogP contribution < -0.4 is 5.32 Å². The molecule has 1 aromatic heterocycles. The van der Waals surface area contributed by atoms with E-state index < -0.39 is 0 Å². The molecule has 0 amide bonds. The summed E-state index contributed by atoms with van der Waals surface area (Å²) in [5.74, 6) is 1.06. The van der Waals surface area contributed by atoms with Crippen LogP contribution in [0.4, 0.5) is 0 Å². The van der Waals surface area contributed by atoms with Gasteiger partial charge in [0.1, 0.15) is 0 Å². The van der Waals surface area contributed by atoms with Crippen molar-refractivity contribution in [1.29, 1.82) is 0 Å². The van der Waals surface area contributed by atoms with Gasteiger partial charge in [0.05, 0.1) is 12.6 Å². The lowest BCUT2D eigenvalue weighted by molar-refractivity contribution is 0.653. The van der Waals surface area contributed by atoms with Crippen molar-refractivity contribution in [2.24, 2.45) is 4.99 Å². The van der Waals surface area contributed by atoms with Crippen LogP contribution in [-0.4, -0.2) is 17.5 Å².